The molecular weight excluding hydrogens is 512 g/mol. The molecule has 0 saturated carbocycles. The highest BCUT2D eigenvalue weighted by atomic mass is 19.2. The lowest BCUT2D eigenvalue weighted by Gasteiger charge is -2.20. The third-order valence-electron chi connectivity index (χ3n) is 5.42. The van der Waals surface area contributed by atoms with E-state index in [1.165, 1.54) is 33.9 Å². The van der Waals surface area contributed by atoms with E-state index in [0.29, 0.717) is 12.8 Å². The van der Waals surface area contributed by atoms with Crippen LogP contribution in [-0.2, 0) is 20.9 Å². The SMILES string of the molecule is CN(C)C(=O)/C=C/CCCC(=O)Nc1cccn(Cc2nc3cc(F)c(F)cc3n2C(=O)OC(C)(C)C)c1=O. The highest BCUT2D eigenvalue weighted by Gasteiger charge is 2.25. The van der Waals surface area contributed by atoms with Crippen LogP contribution in [-0.4, -0.2) is 56.6 Å². The third kappa shape index (κ3) is 7.59. The Kier molecular flexibility index (Phi) is 9.00. The molecule has 208 valence electrons. The number of ether oxygens (including phenoxy) is 1. The fourth-order valence-electron chi connectivity index (χ4n) is 3.58. The Hall–Kier alpha value is -4.35. The molecule has 1 aromatic carbocycles. The second-order valence-electron chi connectivity index (χ2n) is 10.0. The summed E-state index contributed by atoms with van der Waals surface area (Å²) in [6.45, 7) is 4.71. The molecule has 2 heterocycles. The van der Waals surface area contributed by atoms with Crippen LogP contribution in [0.1, 0.15) is 45.9 Å². The summed E-state index contributed by atoms with van der Waals surface area (Å²) < 4.78 is 35.5. The number of halogens is 2. The smallest absolute Gasteiger partial charge is 0.420 e. The van der Waals surface area contributed by atoms with Gasteiger partial charge in [0.1, 0.15) is 17.1 Å². The third-order valence-corrected chi connectivity index (χ3v) is 5.42. The van der Waals surface area contributed by atoms with E-state index in [-0.39, 0.29) is 47.3 Å². The summed E-state index contributed by atoms with van der Waals surface area (Å²) in [7, 11) is 3.28. The van der Waals surface area contributed by atoms with E-state index in [4.69, 9.17) is 4.74 Å². The number of nitrogens with one attached hydrogen (secondary N) is 1. The first-order chi connectivity index (χ1) is 18.3. The first-order valence-corrected chi connectivity index (χ1v) is 12.2. The molecule has 1 N–H and O–H groups in total. The number of anilines is 1. The van der Waals surface area contributed by atoms with Crippen LogP contribution in [0.15, 0.2) is 47.4 Å². The number of allylic oxidation sites excluding steroid dienone is 1. The maximum Gasteiger partial charge on any atom is 0.420 e. The molecular formula is C27H31F2N5O5. The zero-order valence-electron chi connectivity index (χ0n) is 22.5. The van der Waals surface area contributed by atoms with Crippen molar-refractivity contribution in [3.8, 4) is 0 Å². The first kappa shape index (κ1) is 29.2. The molecule has 0 spiro atoms. The van der Waals surface area contributed by atoms with E-state index in [1.807, 2.05) is 0 Å². The van der Waals surface area contributed by atoms with Gasteiger partial charge in [0.15, 0.2) is 11.6 Å². The Labute approximate surface area is 223 Å². The predicted molar refractivity (Wildman–Crippen MR) is 141 cm³/mol. The monoisotopic (exact) mass is 543 g/mol. The molecule has 0 atom stereocenters. The Morgan fingerprint density at radius 1 is 1.15 bits per heavy atom. The fraction of sp³-hybridized carbons (Fsp3) is 0.370. The second-order valence-corrected chi connectivity index (χ2v) is 10.0. The Morgan fingerprint density at radius 3 is 2.51 bits per heavy atom. The number of aromatic nitrogens is 3. The summed E-state index contributed by atoms with van der Waals surface area (Å²) in [6, 6.07) is 4.68. The number of amides is 2. The van der Waals surface area contributed by atoms with Gasteiger partial charge in [-0.25, -0.2) is 23.1 Å². The number of benzene rings is 1. The average molecular weight is 544 g/mol. The predicted octanol–water partition coefficient (Wildman–Crippen LogP) is 4.06. The van der Waals surface area contributed by atoms with E-state index in [9.17, 15) is 28.0 Å². The van der Waals surface area contributed by atoms with Gasteiger partial charge in [-0.3, -0.25) is 14.4 Å². The number of rotatable bonds is 8. The molecule has 0 fully saturated rings. The summed E-state index contributed by atoms with van der Waals surface area (Å²) >= 11 is 0. The largest absolute Gasteiger partial charge is 0.443 e. The van der Waals surface area contributed by atoms with E-state index in [1.54, 1.807) is 40.9 Å². The second kappa shape index (κ2) is 12.0. The van der Waals surface area contributed by atoms with Crippen LogP contribution in [0.25, 0.3) is 11.0 Å². The van der Waals surface area contributed by atoms with Crippen LogP contribution in [0.4, 0.5) is 19.3 Å². The summed E-state index contributed by atoms with van der Waals surface area (Å²) in [5.74, 6) is -2.83. The van der Waals surface area contributed by atoms with E-state index in [2.05, 4.69) is 10.3 Å². The zero-order valence-corrected chi connectivity index (χ0v) is 22.5. The fourth-order valence-corrected chi connectivity index (χ4v) is 3.58. The molecule has 0 unspecified atom stereocenters. The molecule has 10 nitrogen and oxygen atoms in total. The van der Waals surface area contributed by atoms with Crippen LogP contribution < -0.4 is 10.9 Å². The van der Waals surface area contributed by atoms with Gasteiger partial charge in [-0.15, -0.1) is 0 Å². The summed E-state index contributed by atoms with van der Waals surface area (Å²) in [6.07, 6.45) is 4.78. The lowest BCUT2D eigenvalue weighted by Crippen LogP contribution is -2.30. The number of fused-ring (bicyclic) bond motifs is 1. The Morgan fingerprint density at radius 2 is 1.85 bits per heavy atom. The molecule has 39 heavy (non-hydrogen) atoms. The molecule has 0 aliphatic carbocycles. The zero-order chi connectivity index (χ0) is 28.9. The van der Waals surface area contributed by atoms with Crippen molar-refractivity contribution in [2.75, 3.05) is 19.4 Å². The summed E-state index contributed by atoms with van der Waals surface area (Å²) in [5.41, 5.74) is -1.45. The van der Waals surface area contributed by atoms with Crippen LogP contribution in [0, 0.1) is 11.6 Å². The van der Waals surface area contributed by atoms with Gasteiger partial charge in [0, 0.05) is 38.8 Å². The molecule has 12 heteroatoms. The molecule has 0 radical (unpaired) electrons. The van der Waals surface area contributed by atoms with Crippen molar-refractivity contribution in [3.63, 3.8) is 0 Å². The number of hydrogen-bond acceptors (Lipinski definition) is 6. The van der Waals surface area contributed by atoms with Gasteiger partial charge >= 0.3 is 6.09 Å². The van der Waals surface area contributed by atoms with Crippen molar-refractivity contribution in [3.05, 3.63) is 70.4 Å². The molecule has 0 saturated heterocycles. The van der Waals surface area contributed by atoms with Crippen LogP contribution in [0.2, 0.25) is 0 Å². The lowest BCUT2D eigenvalue weighted by atomic mass is 10.2. The van der Waals surface area contributed by atoms with Crippen LogP contribution >= 0.6 is 0 Å². The highest BCUT2D eigenvalue weighted by molar-refractivity contribution is 5.90. The van der Waals surface area contributed by atoms with E-state index in [0.717, 1.165) is 16.7 Å². The van der Waals surface area contributed by atoms with Crippen molar-refractivity contribution in [2.24, 2.45) is 0 Å². The van der Waals surface area contributed by atoms with Gasteiger partial charge in [0.2, 0.25) is 11.8 Å². The normalized spacial score (nSPS) is 11.7. The number of likely N-dealkylation sites (N-methyl/N-ethyl adjacent to an activating group) is 1. The minimum atomic E-state index is -1.17. The van der Waals surface area contributed by atoms with Gasteiger partial charge in [0.25, 0.3) is 5.56 Å². The van der Waals surface area contributed by atoms with Gasteiger partial charge in [-0.2, -0.15) is 0 Å². The van der Waals surface area contributed by atoms with Crippen LogP contribution in [0.3, 0.4) is 0 Å². The number of pyridine rings is 1. The van der Waals surface area contributed by atoms with Crippen molar-refractivity contribution in [1.29, 1.82) is 0 Å². The number of imidazole rings is 1. The number of hydrogen-bond donors (Lipinski definition) is 1. The molecule has 0 aliphatic heterocycles. The van der Waals surface area contributed by atoms with Gasteiger partial charge in [-0.05, 0) is 51.8 Å². The van der Waals surface area contributed by atoms with Gasteiger partial charge in [-0.1, -0.05) is 6.08 Å². The maximum atomic E-state index is 14.0. The summed E-state index contributed by atoms with van der Waals surface area (Å²) in [5, 5.41) is 2.57. The number of nitrogens with zero attached hydrogens (tertiary/aromatic N) is 4. The highest BCUT2D eigenvalue weighted by Crippen LogP contribution is 2.22. The topological polar surface area (TPSA) is 116 Å². The minimum absolute atomic E-state index is 0.00796. The van der Waals surface area contributed by atoms with Crippen molar-refractivity contribution in [1.82, 2.24) is 19.0 Å². The molecule has 3 aromatic rings. The first-order valence-electron chi connectivity index (χ1n) is 12.2. The summed E-state index contributed by atoms with van der Waals surface area (Å²) in [4.78, 5) is 55.7. The quantitative estimate of drug-likeness (QED) is 0.339. The average Bonchev–Trinajstić information content (AvgIpc) is 3.17. The molecule has 0 bridgehead atoms. The number of carbonyl (C=O) groups excluding carboxylic acids is 3. The van der Waals surface area contributed by atoms with Gasteiger partial charge < -0.3 is 19.5 Å². The van der Waals surface area contributed by atoms with Crippen molar-refractivity contribution >= 4 is 34.6 Å². The lowest BCUT2D eigenvalue weighted by molar-refractivity contribution is -0.123. The molecule has 3 rings (SSSR count). The number of carbonyl (C=O) groups is 3. The van der Waals surface area contributed by atoms with Crippen molar-refractivity contribution in [2.45, 2.75) is 52.2 Å². The molecule has 2 aromatic heterocycles. The van der Waals surface area contributed by atoms with Crippen molar-refractivity contribution < 1.29 is 27.9 Å². The maximum absolute atomic E-state index is 14.0. The van der Waals surface area contributed by atoms with E-state index >= 15 is 0 Å². The van der Waals surface area contributed by atoms with E-state index < -0.39 is 28.9 Å². The van der Waals surface area contributed by atoms with Crippen LogP contribution in [0.5, 0.6) is 0 Å². The standard InChI is InChI=1S/C27H31F2N5O5/c1-27(2,3)39-26(38)34-21-15-18(29)17(28)14-20(21)30-22(34)16-33-13-9-10-19(25(33)37)31-23(35)11-7-6-8-12-24(36)32(4)5/h8-10,12-15H,6-7,11,16H2,1-5H3,(H,31,35)/b12-8+. The Bertz CT molecular complexity index is 1480. The molecule has 0 aliphatic rings. The Balaban J connectivity index is 1.81. The minimum Gasteiger partial charge on any atom is -0.443 e. The number of unbranched alkanes of at least 4 members (excludes halogenated alkanes) is 1. The van der Waals surface area contributed by atoms with Gasteiger partial charge in [0.05, 0.1) is 17.6 Å². The molecule has 2 amide bonds.